The quantitative estimate of drug-likeness (QED) is 0.731. The van der Waals surface area contributed by atoms with Gasteiger partial charge in [-0.25, -0.2) is 0 Å². The highest BCUT2D eigenvalue weighted by molar-refractivity contribution is 5.81. The Bertz CT molecular complexity index is 900. The van der Waals surface area contributed by atoms with Crippen molar-refractivity contribution in [3.8, 4) is 22.3 Å². The molecule has 128 valence electrons. The smallest absolute Gasteiger partial charge is 0.0800 e. The van der Waals surface area contributed by atoms with Gasteiger partial charge in [0.05, 0.1) is 5.54 Å². The second kappa shape index (κ2) is 6.75. The van der Waals surface area contributed by atoms with E-state index in [9.17, 15) is 0 Å². The summed E-state index contributed by atoms with van der Waals surface area (Å²) in [5.74, 6) is 0. The minimum atomic E-state index is -0.771. The lowest BCUT2D eigenvalue weighted by molar-refractivity contribution is 0.495. The second-order valence-electron chi connectivity index (χ2n) is 6.66. The molecule has 0 spiro atoms. The first-order chi connectivity index (χ1) is 12.7. The zero-order chi connectivity index (χ0) is 18.0. The van der Waals surface area contributed by atoms with Crippen LogP contribution >= 0.6 is 0 Å². The number of hydrogen-bond acceptors (Lipinski definition) is 2. The second-order valence-corrected chi connectivity index (χ2v) is 6.66. The van der Waals surface area contributed by atoms with Gasteiger partial charge in [-0.15, -0.1) is 0 Å². The highest BCUT2D eigenvalue weighted by Gasteiger charge is 2.36. The van der Waals surface area contributed by atoms with Gasteiger partial charge in [0.1, 0.15) is 0 Å². The summed E-state index contributed by atoms with van der Waals surface area (Å²) in [6, 6.07) is 26.8. The Kier molecular flexibility index (Phi) is 4.29. The fraction of sp³-hybridized carbons (Fsp3) is 0.0833. The van der Waals surface area contributed by atoms with Gasteiger partial charge in [0.25, 0.3) is 0 Å². The van der Waals surface area contributed by atoms with Gasteiger partial charge < -0.3 is 11.5 Å². The monoisotopic (exact) mass is 338 g/mol. The molecule has 2 unspecified atom stereocenters. The number of allylic oxidation sites excluding steroid dienone is 2. The molecule has 2 nitrogen and oxygen atoms in total. The van der Waals surface area contributed by atoms with Crippen molar-refractivity contribution in [2.75, 3.05) is 0 Å². The van der Waals surface area contributed by atoms with Crippen molar-refractivity contribution in [1.29, 1.82) is 0 Å². The van der Waals surface area contributed by atoms with E-state index in [2.05, 4.69) is 42.5 Å². The van der Waals surface area contributed by atoms with Crippen molar-refractivity contribution in [2.24, 2.45) is 11.5 Å². The molecule has 1 aliphatic rings. The topological polar surface area (TPSA) is 52.0 Å². The molecular formula is C24H22N2. The largest absolute Gasteiger partial charge is 0.322 e. The van der Waals surface area contributed by atoms with Gasteiger partial charge in [-0.05, 0) is 27.8 Å². The number of hydrogen-bond donors (Lipinski definition) is 2. The summed E-state index contributed by atoms with van der Waals surface area (Å²) in [5, 5.41) is 0. The Morgan fingerprint density at radius 3 is 1.69 bits per heavy atom. The molecule has 3 aromatic rings. The van der Waals surface area contributed by atoms with Gasteiger partial charge >= 0.3 is 0 Å². The minimum absolute atomic E-state index is 0.292. The van der Waals surface area contributed by atoms with Gasteiger partial charge in [0.2, 0.25) is 0 Å². The van der Waals surface area contributed by atoms with Gasteiger partial charge in [-0.3, -0.25) is 0 Å². The zero-order valence-electron chi connectivity index (χ0n) is 14.5. The van der Waals surface area contributed by atoms with Crippen LogP contribution in [0, 0.1) is 0 Å². The molecule has 0 fully saturated rings. The molecule has 3 aromatic carbocycles. The van der Waals surface area contributed by atoms with Gasteiger partial charge in [0, 0.05) is 6.04 Å². The predicted molar refractivity (Wildman–Crippen MR) is 109 cm³/mol. The van der Waals surface area contributed by atoms with Crippen LogP contribution in [0.1, 0.15) is 5.56 Å². The van der Waals surface area contributed by atoms with Gasteiger partial charge in [0.15, 0.2) is 0 Å². The summed E-state index contributed by atoms with van der Waals surface area (Å²) in [6.45, 7) is 0. The van der Waals surface area contributed by atoms with Crippen LogP contribution in [0.5, 0.6) is 0 Å². The van der Waals surface area contributed by atoms with Crippen molar-refractivity contribution in [3.63, 3.8) is 0 Å². The first-order valence-corrected chi connectivity index (χ1v) is 8.85. The summed E-state index contributed by atoms with van der Waals surface area (Å²) in [4.78, 5) is 0. The molecule has 0 bridgehead atoms. The molecule has 2 heteroatoms. The summed E-state index contributed by atoms with van der Waals surface area (Å²) >= 11 is 0. The summed E-state index contributed by atoms with van der Waals surface area (Å²) < 4.78 is 0. The molecule has 0 heterocycles. The van der Waals surface area contributed by atoms with E-state index in [1.165, 1.54) is 0 Å². The third kappa shape index (κ3) is 2.80. The average molecular weight is 338 g/mol. The van der Waals surface area contributed by atoms with Crippen LogP contribution in [-0.4, -0.2) is 6.04 Å². The Labute approximate surface area is 154 Å². The molecule has 0 saturated heterocycles. The Morgan fingerprint density at radius 1 is 0.654 bits per heavy atom. The average Bonchev–Trinajstić information content (AvgIpc) is 2.71. The van der Waals surface area contributed by atoms with Crippen LogP contribution in [0.3, 0.4) is 0 Å². The third-order valence-electron chi connectivity index (χ3n) is 5.02. The van der Waals surface area contributed by atoms with Crippen LogP contribution in [-0.2, 0) is 5.54 Å². The number of nitrogens with two attached hydrogens (primary N) is 2. The van der Waals surface area contributed by atoms with E-state index in [0.29, 0.717) is 0 Å². The highest BCUT2D eigenvalue weighted by atomic mass is 14.9. The lowest BCUT2D eigenvalue weighted by atomic mass is 9.74. The van der Waals surface area contributed by atoms with E-state index in [1.807, 2.05) is 60.7 Å². The van der Waals surface area contributed by atoms with Gasteiger partial charge in [-0.1, -0.05) is 103 Å². The van der Waals surface area contributed by atoms with Crippen LogP contribution in [0.25, 0.3) is 22.3 Å². The van der Waals surface area contributed by atoms with Crippen molar-refractivity contribution < 1.29 is 0 Å². The summed E-state index contributed by atoms with van der Waals surface area (Å²) in [5.41, 5.74) is 18.2. The Hall–Kier alpha value is -2.94. The standard InChI is InChI=1S/C24H22N2/c25-22-16-7-8-17-24(22,26)23-20(18-10-3-1-4-11-18)14-9-15-21(23)19-12-5-2-6-13-19/h1-17,22H,25-26H2. The van der Waals surface area contributed by atoms with E-state index >= 15 is 0 Å². The van der Waals surface area contributed by atoms with E-state index in [0.717, 1.165) is 27.8 Å². The van der Waals surface area contributed by atoms with E-state index < -0.39 is 5.54 Å². The molecule has 4 rings (SSSR count). The molecule has 4 N–H and O–H groups in total. The van der Waals surface area contributed by atoms with Crippen LogP contribution < -0.4 is 11.5 Å². The van der Waals surface area contributed by atoms with Crippen molar-refractivity contribution in [2.45, 2.75) is 11.6 Å². The van der Waals surface area contributed by atoms with Gasteiger partial charge in [-0.2, -0.15) is 0 Å². The van der Waals surface area contributed by atoms with Crippen LogP contribution in [0.2, 0.25) is 0 Å². The molecule has 2 atom stereocenters. The number of rotatable bonds is 3. The summed E-state index contributed by atoms with van der Waals surface area (Å²) in [6.07, 6.45) is 7.94. The lowest BCUT2D eigenvalue weighted by Crippen LogP contribution is -2.51. The molecule has 0 aliphatic heterocycles. The summed E-state index contributed by atoms with van der Waals surface area (Å²) in [7, 11) is 0. The normalized spacial score (nSPS) is 21.7. The van der Waals surface area contributed by atoms with E-state index in [4.69, 9.17) is 11.5 Å². The van der Waals surface area contributed by atoms with Crippen molar-refractivity contribution in [1.82, 2.24) is 0 Å². The van der Waals surface area contributed by atoms with Crippen molar-refractivity contribution >= 4 is 0 Å². The zero-order valence-corrected chi connectivity index (χ0v) is 14.5. The number of benzene rings is 3. The third-order valence-corrected chi connectivity index (χ3v) is 5.02. The SMILES string of the molecule is NC1C=CC=CC1(N)c1c(-c2ccccc2)cccc1-c1ccccc1. The van der Waals surface area contributed by atoms with Crippen LogP contribution in [0.4, 0.5) is 0 Å². The highest BCUT2D eigenvalue weighted by Crippen LogP contribution is 2.41. The fourth-order valence-electron chi connectivity index (χ4n) is 3.65. The maximum absolute atomic E-state index is 6.94. The van der Waals surface area contributed by atoms with E-state index in [1.54, 1.807) is 0 Å². The molecule has 0 radical (unpaired) electrons. The molecule has 0 aromatic heterocycles. The minimum Gasteiger partial charge on any atom is -0.322 e. The fourth-order valence-corrected chi connectivity index (χ4v) is 3.65. The molecule has 0 saturated carbocycles. The van der Waals surface area contributed by atoms with Crippen LogP contribution in [0.15, 0.2) is 103 Å². The first-order valence-electron chi connectivity index (χ1n) is 8.85. The first kappa shape index (κ1) is 16.5. The molecule has 1 aliphatic carbocycles. The maximum atomic E-state index is 6.94. The molecule has 26 heavy (non-hydrogen) atoms. The predicted octanol–water partition coefficient (Wildman–Crippen LogP) is 4.63. The Morgan fingerprint density at radius 2 is 1.19 bits per heavy atom. The molecule has 0 amide bonds. The lowest BCUT2D eigenvalue weighted by Gasteiger charge is -2.36. The Balaban J connectivity index is 2.03. The van der Waals surface area contributed by atoms with E-state index in [-0.39, 0.29) is 6.04 Å². The van der Waals surface area contributed by atoms with Crippen molar-refractivity contribution in [3.05, 3.63) is 109 Å². The maximum Gasteiger partial charge on any atom is 0.0800 e. The molecular weight excluding hydrogens is 316 g/mol.